The molecule has 8 heteroatoms. The Morgan fingerprint density at radius 1 is 0.625 bits per heavy atom. The predicted molar refractivity (Wildman–Crippen MR) is 121 cm³/mol. The standard InChI is InChI=1S/C24H40O8/c1-2-3-5-10-24(25)32-22-20-30-18-16-28-14-12-26-11-13-27-15-17-29-19-21-31-23-8-6-4-7-9-23/h4,6-9H,2-3,5,10-22H2,1H3. The van der Waals surface area contributed by atoms with E-state index in [2.05, 4.69) is 6.92 Å². The Balaban J connectivity index is 1.68. The quantitative estimate of drug-likeness (QED) is 0.183. The molecule has 0 aliphatic heterocycles. The Labute approximate surface area is 192 Å². The molecule has 0 atom stereocenters. The van der Waals surface area contributed by atoms with Crippen LogP contribution in [0.5, 0.6) is 5.75 Å². The van der Waals surface area contributed by atoms with Crippen molar-refractivity contribution in [3.05, 3.63) is 30.3 Å². The number of carbonyl (C=O) groups excluding carboxylic acids is 1. The lowest BCUT2D eigenvalue weighted by molar-refractivity contribution is -0.145. The van der Waals surface area contributed by atoms with Crippen LogP contribution in [0, 0.1) is 0 Å². The zero-order valence-corrected chi connectivity index (χ0v) is 19.5. The third kappa shape index (κ3) is 19.0. The second-order valence-corrected chi connectivity index (χ2v) is 6.90. The zero-order valence-electron chi connectivity index (χ0n) is 19.5. The minimum absolute atomic E-state index is 0.152. The molecule has 0 aromatic heterocycles. The summed E-state index contributed by atoms with van der Waals surface area (Å²) in [6.45, 7) is 7.87. The number of hydrogen-bond acceptors (Lipinski definition) is 8. The van der Waals surface area contributed by atoms with Crippen molar-refractivity contribution in [2.75, 3.05) is 79.3 Å². The summed E-state index contributed by atoms with van der Waals surface area (Å²) in [6.07, 6.45) is 3.52. The lowest BCUT2D eigenvalue weighted by atomic mass is 10.2. The average Bonchev–Trinajstić information content (AvgIpc) is 2.81. The number of benzene rings is 1. The fourth-order valence-electron chi connectivity index (χ4n) is 2.52. The highest BCUT2D eigenvalue weighted by atomic mass is 16.6. The van der Waals surface area contributed by atoms with Gasteiger partial charge in [0.25, 0.3) is 0 Å². The van der Waals surface area contributed by atoms with Gasteiger partial charge in [0.05, 0.1) is 66.1 Å². The van der Waals surface area contributed by atoms with Crippen LogP contribution in [0.4, 0.5) is 0 Å². The first-order valence-electron chi connectivity index (χ1n) is 11.5. The number of ether oxygens (including phenoxy) is 7. The molecule has 0 saturated carbocycles. The van der Waals surface area contributed by atoms with E-state index in [9.17, 15) is 4.79 Å². The Bertz CT molecular complexity index is 526. The van der Waals surface area contributed by atoms with E-state index in [0.29, 0.717) is 85.7 Å². The van der Waals surface area contributed by atoms with Gasteiger partial charge in [-0.25, -0.2) is 0 Å². The van der Waals surface area contributed by atoms with E-state index in [1.165, 1.54) is 0 Å². The number of para-hydroxylation sites is 1. The van der Waals surface area contributed by atoms with Crippen LogP contribution < -0.4 is 4.74 Å². The summed E-state index contributed by atoms with van der Waals surface area (Å²) in [5, 5.41) is 0. The average molecular weight is 457 g/mol. The van der Waals surface area contributed by atoms with Crippen LogP contribution >= 0.6 is 0 Å². The first-order valence-corrected chi connectivity index (χ1v) is 11.5. The minimum atomic E-state index is -0.152. The molecule has 0 fully saturated rings. The summed E-state index contributed by atoms with van der Waals surface area (Å²) >= 11 is 0. The highest BCUT2D eigenvalue weighted by Gasteiger charge is 2.01. The summed E-state index contributed by atoms with van der Waals surface area (Å²) in [4.78, 5) is 11.4. The van der Waals surface area contributed by atoms with Crippen molar-refractivity contribution in [1.29, 1.82) is 0 Å². The van der Waals surface area contributed by atoms with Gasteiger partial charge in [-0.3, -0.25) is 4.79 Å². The molecular formula is C24H40O8. The molecule has 0 spiro atoms. The molecule has 0 radical (unpaired) electrons. The van der Waals surface area contributed by atoms with Gasteiger partial charge >= 0.3 is 5.97 Å². The van der Waals surface area contributed by atoms with Gasteiger partial charge in [0.15, 0.2) is 0 Å². The fraction of sp³-hybridized carbons (Fsp3) is 0.708. The molecule has 8 nitrogen and oxygen atoms in total. The topological polar surface area (TPSA) is 81.7 Å². The number of unbranched alkanes of at least 4 members (excludes halogenated alkanes) is 2. The third-order valence-electron chi connectivity index (χ3n) is 4.20. The van der Waals surface area contributed by atoms with Crippen molar-refractivity contribution in [1.82, 2.24) is 0 Å². The van der Waals surface area contributed by atoms with Crippen molar-refractivity contribution < 1.29 is 38.0 Å². The molecule has 184 valence electrons. The molecule has 0 aliphatic carbocycles. The van der Waals surface area contributed by atoms with Crippen molar-refractivity contribution >= 4 is 5.97 Å². The van der Waals surface area contributed by atoms with Gasteiger partial charge in [-0.2, -0.15) is 0 Å². The van der Waals surface area contributed by atoms with Gasteiger partial charge < -0.3 is 33.2 Å². The van der Waals surface area contributed by atoms with Crippen LogP contribution in [0.1, 0.15) is 32.6 Å². The molecule has 0 heterocycles. The lowest BCUT2D eigenvalue weighted by Gasteiger charge is -2.09. The van der Waals surface area contributed by atoms with Crippen molar-refractivity contribution in [2.45, 2.75) is 32.6 Å². The molecule has 0 N–H and O–H groups in total. The normalized spacial score (nSPS) is 10.9. The van der Waals surface area contributed by atoms with E-state index in [-0.39, 0.29) is 5.97 Å². The summed E-state index contributed by atoms with van der Waals surface area (Å²) in [6, 6.07) is 9.66. The van der Waals surface area contributed by atoms with Crippen LogP contribution in [0.25, 0.3) is 0 Å². The molecule has 0 amide bonds. The number of carbonyl (C=O) groups is 1. The first kappa shape index (κ1) is 28.3. The van der Waals surface area contributed by atoms with Gasteiger partial charge in [-0.1, -0.05) is 38.0 Å². The number of hydrogen-bond donors (Lipinski definition) is 0. The zero-order chi connectivity index (χ0) is 23.0. The molecular weight excluding hydrogens is 416 g/mol. The predicted octanol–water partition coefficient (Wildman–Crippen LogP) is 3.27. The Hall–Kier alpha value is -1.71. The second kappa shape index (κ2) is 22.5. The maximum absolute atomic E-state index is 11.4. The molecule has 1 rings (SSSR count). The number of esters is 1. The number of rotatable bonds is 23. The van der Waals surface area contributed by atoms with Crippen LogP contribution in [0.2, 0.25) is 0 Å². The Kier molecular flexibility index (Phi) is 19.9. The van der Waals surface area contributed by atoms with Gasteiger partial charge in [-0.15, -0.1) is 0 Å². The molecule has 0 saturated heterocycles. The SMILES string of the molecule is CCCCCC(=O)OCCOCCOCCOCCOCCOCCOc1ccccc1. The van der Waals surface area contributed by atoms with Crippen molar-refractivity contribution in [2.24, 2.45) is 0 Å². The minimum Gasteiger partial charge on any atom is -0.491 e. The van der Waals surface area contributed by atoms with E-state index in [0.717, 1.165) is 25.0 Å². The van der Waals surface area contributed by atoms with Crippen LogP contribution in [-0.2, 0) is 33.2 Å². The van der Waals surface area contributed by atoms with Crippen molar-refractivity contribution in [3.8, 4) is 5.75 Å². The maximum Gasteiger partial charge on any atom is 0.305 e. The van der Waals surface area contributed by atoms with E-state index in [1.54, 1.807) is 0 Å². The van der Waals surface area contributed by atoms with Gasteiger partial charge in [0.1, 0.15) is 19.0 Å². The summed E-state index contributed by atoms with van der Waals surface area (Å²) in [5.74, 6) is 0.692. The molecule has 1 aromatic rings. The van der Waals surface area contributed by atoms with Crippen LogP contribution in [-0.4, -0.2) is 85.3 Å². The van der Waals surface area contributed by atoms with Gasteiger partial charge in [0, 0.05) is 6.42 Å². The van der Waals surface area contributed by atoms with E-state index in [4.69, 9.17) is 33.2 Å². The van der Waals surface area contributed by atoms with Gasteiger partial charge in [0.2, 0.25) is 0 Å². The monoisotopic (exact) mass is 456 g/mol. The highest BCUT2D eigenvalue weighted by molar-refractivity contribution is 5.69. The fourth-order valence-corrected chi connectivity index (χ4v) is 2.52. The Morgan fingerprint density at radius 2 is 1.09 bits per heavy atom. The van der Waals surface area contributed by atoms with Gasteiger partial charge in [-0.05, 0) is 18.6 Å². The summed E-state index contributed by atoms with van der Waals surface area (Å²) in [5.41, 5.74) is 0. The smallest absolute Gasteiger partial charge is 0.305 e. The second-order valence-electron chi connectivity index (χ2n) is 6.90. The van der Waals surface area contributed by atoms with Crippen LogP contribution in [0.15, 0.2) is 30.3 Å². The molecule has 1 aromatic carbocycles. The molecule has 0 aliphatic rings. The lowest BCUT2D eigenvalue weighted by Crippen LogP contribution is -2.15. The molecule has 0 bridgehead atoms. The first-order chi connectivity index (χ1) is 15.8. The molecule has 32 heavy (non-hydrogen) atoms. The highest BCUT2D eigenvalue weighted by Crippen LogP contribution is 2.07. The summed E-state index contributed by atoms with van der Waals surface area (Å²) in [7, 11) is 0. The molecule has 0 unspecified atom stereocenters. The van der Waals surface area contributed by atoms with Crippen LogP contribution in [0.3, 0.4) is 0 Å². The van der Waals surface area contributed by atoms with Crippen molar-refractivity contribution in [3.63, 3.8) is 0 Å². The van der Waals surface area contributed by atoms with E-state index in [1.807, 2.05) is 30.3 Å². The van der Waals surface area contributed by atoms with E-state index < -0.39 is 0 Å². The summed E-state index contributed by atoms with van der Waals surface area (Å²) < 4.78 is 37.7. The largest absolute Gasteiger partial charge is 0.491 e. The third-order valence-corrected chi connectivity index (χ3v) is 4.20. The Morgan fingerprint density at radius 3 is 1.59 bits per heavy atom. The maximum atomic E-state index is 11.4. The van der Waals surface area contributed by atoms with E-state index >= 15 is 0 Å².